The van der Waals surface area contributed by atoms with Crippen LogP contribution >= 0.6 is 0 Å². The van der Waals surface area contributed by atoms with E-state index in [2.05, 4.69) is 0 Å². The smallest absolute Gasteiger partial charge is 0.305 e. The fraction of sp³-hybridized carbons (Fsp3) is 0.889. The molecule has 1 heterocycles. The number of carboxylic acids is 1. The van der Waals surface area contributed by atoms with Crippen molar-refractivity contribution in [2.75, 3.05) is 0 Å². The monoisotopic (exact) mass is 186 g/mol. The minimum atomic E-state index is -0.902. The summed E-state index contributed by atoms with van der Waals surface area (Å²) in [6, 6.07) is 0. The summed E-state index contributed by atoms with van der Waals surface area (Å²) in [7, 11) is 0. The highest BCUT2D eigenvalue weighted by atomic mass is 16.5. The largest absolute Gasteiger partial charge is 0.481 e. The van der Waals surface area contributed by atoms with Crippen molar-refractivity contribution in [2.24, 2.45) is 0 Å². The number of hydrogen-bond acceptors (Lipinski definition) is 2. The molecule has 0 aliphatic carbocycles. The first-order valence-electron chi connectivity index (χ1n) is 4.47. The second kappa shape index (κ2) is 2.96. The number of carboxylic acid groups (broad SMARTS) is 1. The van der Waals surface area contributed by atoms with Gasteiger partial charge in [0.1, 0.15) is 0 Å². The Kier molecular flexibility index (Phi) is 2.38. The molecular weight excluding hydrogens is 170 g/mol. The maximum absolute atomic E-state index is 11.7. The van der Waals surface area contributed by atoms with Gasteiger partial charge in [-0.3, -0.25) is 4.79 Å². The number of rotatable bonds is 2. The van der Waals surface area contributed by atoms with Gasteiger partial charge in [-0.25, -0.2) is 0 Å². The lowest BCUT2D eigenvalue weighted by atomic mass is 9.95. The van der Waals surface area contributed by atoms with Crippen molar-refractivity contribution in [1.29, 1.82) is 0 Å². The van der Waals surface area contributed by atoms with Gasteiger partial charge in [-0.1, -0.05) is 0 Å². The molecule has 0 aromatic rings. The molecule has 1 aliphatic heterocycles. The van der Waals surface area contributed by atoms with Crippen LogP contribution in [-0.2, 0) is 10.0 Å². The van der Waals surface area contributed by atoms with Crippen molar-refractivity contribution in [1.82, 2.24) is 5.06 Å². The maximum Gasteiger partial charge on any atom is 0.305 e. The normalized spacial score (nSPS) is 33.5. The maximum atomic E-state index is 11.7. The zero-order valence-corrected chi connectivity index (χ0v) is 8.33. The molecule has 0 saturated carbocycles. The molecular formula is C9H16NO3. The Bertz CT molecular complexity index is 227. The Morgan fingerprint density at radius 1 is 1.38 bits per heavy atom. The third-order valence-corrected chi connectivity index (χ3v) is 2.85. The fourth-order valence-electron chi connectivity index (χ4n) is 1.99. The second-order valence-corrected chi connectivity index (χ2v) is 4.67. The van der Waals surface area contributed by atoms with E-state index in [1.54, 1.807) is 6.92 Å². The number of carbonyl (C=O) groups is 1. The molecule has 75 valence electrons. The minimum absolute atomic E-state index is 0.0695. The lowest BCUT2D eigenvalue weighted by Gasteiger charge is -2.33. The third kappa shape index (κ3) is 1.84. The van der Waals surface area contributed by atoms with Gasteiger partial charge in [0, 0.05) is 5.54 Å². The van der Waals surface area contributed by atoms with E-state index in [1.807, 2.05) is 13.8 Å². The zero-order valence-electron chi connectivity index (χ0n) is 8.33. The van der Waals surface area contributed by atoms with Gasteiger partial charge in [0.25, 0.3) is 0 Å². The highest BCUT2D eigenvalue weighted by Crippen LogP contribution is 2.41. The number of aliphatic carboxylic acids is 1. The third-order valence-electron chi connectivity index (χ3n) is 2.85. The number of nitrogens with zero attached hydrogens (tertiary/aromatic N) is 1. The van der Waals surface area contributed by atoms with Crippen LogP contribution in [0.5, 0.6) is 0 Å². The Labute approximate surface area is 78.1 Å². The molecule has 0 spiro atoms. The molecule has 0 amide bonds. The van der Waals surface area contributed by atoms with E-state index in [9.17, 15) is 10.0 Å². The van der Waals surface area contributed by atoms with Crippen molar-refractivity contribution in [3.05, 3.63) is 0 Å². The van der Waals surface area contributed by atoms with Crippen LogP contribution in [0, 0.1) is 0 Å². The molecule has 1 aliphatic rings. The molecule has 0 aromatic heterocycles. The molecule has 1 fully saturated rings. The zero-order chi connectivity index (χ0) is 10.3. The first-order chi connectivity index (χ1) is 5.78. The highest BCUT2D eigenvalue weighted by Gasteiger charge is 2.49. The second-order valence-electron chi connectivity index (χ2n) is 4.67. The molecule has 13 heavy (non-hydrogen) atoms. The summed E-state index contributed by atoms with van der Waals surface area (Å²) in [6.07, 6.45) is 1.36. The molecule has 4 heteroatoms. The molecule has 0 bridgehead atoms. The Morgan fingerprint density at radius 3 is 2.23 bits per heavy atom. The summed E-state index contributed by atoms with van der Waals surface area (Å²) in [5.74, 6) is -0.902. The van der Waals surface area contributed by atoms with Crippen molar-refractivity contribution in [3.63, 3.8) is 0 Å². The summed E-state index contributed by atoms with van der Waals surface area (Å²) >= 11 is 0. The summed E-state index contributed by atoms with van der Waals surface area (Å²) in [4.78, 5) is 10.6. The molecule has 1 atom stereocenters. The van der Waals surface area contributed by atoms with E-state index in [0.29, 0.717) is 6.42 Å². The average Bonchev–Trinajstić information content (AvgIpc) is 2.14. The summed E-state index contributed by atoms with van der Waals surface area (Å²) in [5, 5.41) is 21.4. The van der Waals surface area contributed by atoms with E-state index in [4.69, 9.17) is 5.11 Å². The van der Waals surface area contributed by atoms with Crippen molar-refractivity contribution in [2.45, 2.75) is 51.1 Å². The molecule has 0 aromatic carbocycles. The molecule has 1 N–H and O–H groups in total. The quantitative estimate of drug-likeness (QED) is 0.709. The predicted molar refractivity (Wildman–Crippen MR) is 46.5 cm³/mol. The van der Waals surface area contributed by atoms with Gasteiger partial charge in [0.05, 0.1) is 12.0 Å². The molecule has 4 nitrogen and oxygen atoms in total. The van der Waals surface area contributed by atoms with E-state index in [-0.39, 0.29) is 6.42 Å². The highest BCUT2D eigenvalue weighted by molar-refractivity contribution is 5.68. The van der Waals surface area contributed by atoms with Gasteiger partial charge >= 0.3 is 5.97 Å². The van der Waals surface area contributed by atoms with E-state index >= 15 is 0 Å². The fourth-order valence-corrected chi connectivity index (χ4v) is 1.99. The van der Waals surface area contributed by atoms with Crippen LogP contribution in [0.4, 0.5) is 0 Å². The van der Waals surface area contributed by atoms with Crippen molar-refractivity contribution < 1.29 is 15.1 Å². The molecule has 1 rings (SSSR count). The first kappa shape index (κ1) is 10.5. The average molecular weight is 186 g/mol. The number of hydroxylamine groups is 2. The Morgan fingerprint density at radius 2 is 1.92 bits per heavy atom. The van der Waals surface area contributed by atoms with Crippen LogP contribution in [0.1, 0.15) is 40.0 Å². The minimum Gasteiger partial charge on any atom is -0.481 e. The topological polar surface area (TPSA) is 60.4 Å². The van der Waals surface area contributed by atoms with Crippen LogP contribution < -0.4 is 0 Å². The van der Waals surface area contributed by atoms with Crippen molar-refractivity contribution >= 4 is 5.97 Å². The van der Waals surface area contributed by atoms with Gasteiger partial charge in [-0.15, -0.1) is 10.3 Å². The van der Waals surface area contributed by atoms with E-state index in [0.717, 1.165) is 11.5 Å². The molecule has 1 saturated heterocycles. The van der Waals surface area contributed by atoms with Gasteiger partial charge < -0.3 is 5.11 Å². The summed E-state index contributed by atoms with van der Waals surface area (Å²) in [6.45, 7) is 5.43. The molecule has 1 unspecified atom stereocenters. The predicted octanol–water partition coefficient (Wildman–Crippen LogP) is 1.44. The SMILES string of the molecule is CC1(C)CCC(C)(CC(=O)O)N1[O]. The molecule has 1 radical (unpaired) electrons. The van der Waals surface area contributed by atoms with Gasteiger partial charge in [0.15, 0.2) is 0 Å². The van der Waals surface area contributed by atoms with Crippen LogP contribution in [0.15, 0.2) is 0 Å². The first-order valence-corrected chi connectivity index (χ1v) is 4.47. The standard InChI is InChI=1S/C9H16NO3/c1-8(2)4-5-9(3,10(8)13)6-7(11)12/h4-6H2,1-3H3,(H,11,12). The van der Waals surface area contributed by atoms with Crippen LogP contribution in [0.2, 0.25) is 0 Å². The van der Waals surface area contributed by atoms with Gasteiger partial charge in [-0.05, 0) is 33.6 Å². The van der Waals surface area contributed by atoms with Crippen molar-refractivity contribution in [3.8, 4) is 0 Å². The summed E-state index contributed by atoms with van der Waals surface area (Å²) in [5.41, 5.74) is -1.13. The lowest BCUT2D eigenvalue weighted by molar-refractivity contribution is -0.250. The van der Waals surface area contributed by atoms with Crippen LogP contribution in [0.3, 0.4) is 0 Å². The van der Waals surface area contributed by atoms with E-state index < -0.39 is 17.0 Å². The van der Waals surface area contributed by atoms with E-state index in [1.165, 1.54) is 0 Å². The number of hydrogen-bond donors (Lipinski definition) is 1. The van der Waals surface area contributed by atoms with Crippen LogP contribution in [-0.4, -0.2) is 27.2 Å². The summed E-state index contributed by atoms with van der Waals surface area (Å²) < 4.78 is 0. The van der Waals surface area contributed by atoms with Gasteiger partial charge in [-0.2, -0.15) is 0 Å². The van der Waals surface area contributed by atoms with Crippen LogP contribution in [0.25, 0.3) is 0 Å². The van der Waals surface area contributed by atoms with Gasteiger partial charge in [0.2, 0.25) is 0 Å². The Balaban J connectivity index is 2.77. The lowest BCUT2D eigenvalue weighted by Crippen LogP contribution is -2.47. The Hall–Kier alpha value is -0.610.